The van der Waals surface area contributed by atoms with Crippen LogP contribution in [-0.2, 0) is 11.3 Å². The van der Waals surface area contributed by atoms with E-state index in [2.05, 4.69) is 53.1 Å². The van der Waals surface area contributed by atoms with E-state index in [4.69, 9.17) is 4.74 Å². The molecule has 0 radical (unpaired) electrons. The summed E-state index contributed by atoms with van der Waals surface area (Å²) in [5.74, 6) is 0.895. The number of guanidine groups is 1. The van der Waals surface area contributed by atoms with Crippen LogP contribution in [0.3, 0.4) is 0 Å². The molecule has 0 spiro atoms. The molecule has 1 saturated heterocycles. The molecule has 23 heavy (non-hydrogen) atoms. The van der Waals surface area contributed by atoms with Crippen LogP contribution in [0.25, 0.3) is 0 Å². The molecule has 1 aliphatic heterocycles. The third-order valence-corrected chi connectivity index (χ3v) is 5.44. The lowest BCUT2D eigenvalue weighted by atomic mass is 9.99. The van der Waals surface area contributed by atoms with Crippen LogP contribution < -0.4 is 10.6 Å². The molecule has 130 valence electrons. The lowest BCUT2D eigenvalue weighted by molar-refractivity contribution is 0.0783. The molecule has 0 aromatic heterocycles. The summed E-state index contributed by atoms with van der Waals surface area (Å²) >= 11 is 1.94. The zero-order chi connectivity index (χ0) is 15.7. The molecule has 1 heterocycles. The van der Waals surface area contributed by atoms with Gasteiger partial charge in [-0.1, -0.05) is 30.3 Å². The van der Waals surface area contributed by atoms with Gasteiger partial charge in [0.15, 0.2) is 5.96 Å². The molecule has 2 N–H and O–H groups in total. The fraction of sp³-hybridized carbons (Fsp3) is 0.588. The van der Waals surface area contributed by atoms with E-state index >= 15 is 0 Å². The number of nitrogens with zero attached hydrogens (tertiary/aromatic N) is 1. The van der Waals surface area contributed by atoms with Gasteiger partial charge in [-0.05, 0) is 31.6 Å². The number of hydrogen-bond donors (Lipinski definition) is 2. The first-order valence-electron chi connectivity index (χ1n) is 7.97. The van der Waals surface area contributed by atoms with Gasteiger partial charge < -0.3 is 15.4 Å². The van der Waals surface area contributed by atoms with E-state index in [1.807, 2.05) is 17.8 Å². The number of nitrogens with one attached hydrogen (secondary N) is 2. The molecule has 0 aliphatic carbocycles. The quantitative estimate of drug-likeness (QED) is 0.398. The van der Waals surface area contributed by atoms with Crippen LogP contribution >= 0.6 is 35.7 Å². The van der Waals surface area contributed by atoms with Crippen molar-refractivity contribution in [3.05, 3.63) is 35.9 Å². The van der Waals surface area contributed by atoms with E-state index in [0.29, 0.717) is 6.54 Å². The summed E-state index contributed by atoms with van der Waals surface area (Å²) in [7, 11) is 0. The third kappa shape index (κ3) is 6.89. The van der Waals surface area contributed by atoms with Crippen molar-refractivity contribution in [2.45, 2.75) is 31.1 Å². The highest BCUT2D eigenvalue weighted by Gasteiger charge is 2.31. The van der Waals surface area contributed by atoms with Crippen molar-refractivity contribution in [3.8, 4) is 0 Å². The Bertz CT molecular complexity index is 464. The molecule has 1 aromatic rings. The van der Waals surface area contributed by atoms with Crippen LogP contribution in [0, 0.1) is 0 Å². The largest absolute Gasteiger partial charge is 0.381 e. The molecule has 1 aromatic carbocycles. The Kier molecular flexibility index (Phi) is 9.97. The number of hydrogen-bond acceptors (Lipinski definition) is 3. The summed E-state index contributed by atoms with van der Waals surface area (Å²) in [4.78, 5) is 4.69. The molecule has 0 amide bonds. The second-order valence-electron chi connectivity index (χ2n) is 5.53. The van der Waals surface area contributed by atoms with Crippen molar-refractivity contribution in [1.82, 2.24) is 10.6 Å². The van der Waals surface area contributed by atoms with Crippen molar-refractivity contribution >= 4 is 41.7 Å². The zero-order valence-electron chi connectivity index (χ0n) is 14.0. The van der Waals surface area contributed by atoms with E-state index in [0.717, 1.165) is 45.1 Å². The molecule has 2 rings (SSSR count). The highest BCUT2D eigenvalue weighted by atomic mass is 127. The van der Waals surface area contributed by atoms with Crippen LogP contribution in [0.2, 0.25) is 0 Å². The van der Waals surface area contributed by atoms with Crippen molar-refractivity contribution < 1.29 is 4.74 Å². The van der Waals surface area contributed by atoms with Gasteiger partial charge in [0.2, 0.25) is 0 Å². The zero-order valence-corrected chi connectivity index (χ0v) is 17.2. The number of benzene rings is 1. The van der Waals surface area contributed by atoms with Gasteiger partial charge in [0.25, 0.3) is 0 Å². The van der Waals surface area contributed by atoms with Gasteiger partial charge in [-0.3, -0.25) is 0 Å². The predicted molar refractivity (Wildman–Crippen MR) is 111 cm³/mol. The van der Waals surface area contributed by atoms with Gasteiger partial charge in [-0.2, -0.15) is 11.8 Å². The van der Waals surface area contributed by atoms with Crippen LogP contribution in [0.1, 0.15) is 25.3 Å². The van der Waals surface area contributed by atoms with Gasteiger partial charge in [0.05, 0.1) is 6.54 Å². The maximum Gasteiger partial charge on any atom is 0.191 e. The van der Waals surface area contributed by atoms with Crippen molar-refractivity contribution in [3.63, 3.8) is 0 Å². The van der Waals surface area contributed by atoms with Crippen LogP contribution in [0.4, 0.5) is 0 Å². The Morgan fingerprint density at radius 2 is 1.91 bits per heavy atom. The van der Waals surface area contributed by atoms with Gasteiger partial charge >= 0.3 is 0 Å². The minimum atomic E-state index is 0. The molecule has 0 saturated carbocycles. The van der Waals surface area contributed by atoms with Crippen LogP contribution in [-0.4, -0.2) is 43.3 Å². The molecular weight excluding hydrogens is 421 g/mol. The number of rotatable bonds is 6. The van der Waals surface area contributed by atoms with E-state index in [1.54, 1.807) is 0 Å². The summed E-state index contributed by atoms with van der Waals surface area (Å²) in [6.45, 7) is 6.32. The minimum absolute atomic E-state index is 0. The van der Waals surface area contributed by atoms with Crippen LogP contribution in [0.15, 0.2) is 35.3 Å². The highest BCUT2D eigenvalue weighted by molar-refractivity contribution is 14.0. The van der Waals surface area contributed by atoms with Crippen molar-refractivity contribution in [2.24, 2.45) is 4.99 Å². The third-order valence-electron chi connectivity index (χ3n) is 4.02. The maximum atomic E-state index is 5.50. The topological polar surface area (TPSA) is 45.7 Å². The first-order valence-corrected chi connectivity index (χ1v) is 9.19. The van der Waals surface area contributed by atoms with Gasteiger partial charge in [0.1, 0.15) is 0 Å². The van der Waals surface area contributed by atoms with E-state index < -0.39 is 0 Å². The Balaban J connectivity index is 0.00000264. The highest BCUT2D eigenvalue weighted by Crippen LogP contribution is 2.32. The second-order valence-corrected chi connectivity index (χ2v) is 6.81. The Labute approximate surface area is 161 Å². The maximum absolute atomic E-state index is 5.50. The first kappa shape index (κ1) is 20.6. The standard InChI is InChI=1S/C17H27N3OS.HI/c1-3-18-16(19-13-15-7-5-4-6-8-15)20-14-17(22-2)9-11-21-12-10-17;/h4-8H,3,9-14H2,1-2H3,(H2,18,19,20);1H. The average Bonchev–Trinajstić information content (AvgIpc) is 2.59. The van der Waals surface area contributed by atoms with Gasteiger partial charge in [0, 0.05) is 31.1 Å². The minimum Gasteiger partial charge on any atom is -0.381 e. The number of aliphatic imine (C=N–C) groups is 1. The molecule has 0 unspecified atom stereocenters. The normalized spacial score (nSPS) is 17.2. The molecule has 6 heteroatoms. The fourth-order valence-electron chi connectivity index (χ4n) is 2.54. The lowest BCUT2D eigenvalue weighted by Gasteiger charge is -2.36. The van der Waals surface area contributed by atoms with Crippen molar-refractivity contribution in [2.75, 3.05) is 32.6 Å². The Morgan fingerprint density at radius 3 is 2.52 bits per heavy atom. The lowest BCUT2D eigenvalue weighted by Crippen LogP contribution is -2.47. The number of ether oxygens (including phenoxy) is 1. The monoisotopic (exact) mass is 449 g/mol. The SMILES string of the molecule is CCNC(=NCc1ccccc1)NCC1(SC)CCOCC1.I. The summed E-state index contributed by atoms with van der Waals surface area (Å²) in [5.41, 5.74) is 1.23. The van der Waals surface area contributed by atoms with Gasteiger partial charge in [-0.15, -0.1) is 24.0 Å². The summed E-state index contributed by atoms with van der Waals surface area (Å²) in [6.07, 6.45) is 4.39. The molecule has 1 fully saturated rings. The number of thioether (sulfide) groups is 1. The van der Waals surface area contributed by atoms with Gasteiger partial charge in [-0.25, -0.2) is 4.99 Å². The van der Waals surface area contributed by atoms with E-state index in [9.17, 15) is 0 Å². The second kappa shape index (κ2) is 11.1. The molecule has 0 bridgehead atoms. The summed E-state index contributed by atoms with van der Waals surface area (Å²) in [6, 6.07) is 10.3. The molecule has 1 aliphatic rings. The summed E-state index contributed by atoms with van der Waals surface area (Å²) in [5, 5.41) is 6.85. The fourth-order valence-corrected chi connectivity index (χ4v) is 3.33. The van der Waals surface area contributed by atoms with E-state index in [-0.39, 0.29) is 28.7 Å². The average molecular weight is 449 g/mol. The summed E-state index contributed by atoms with van der Waals surface area (Å²) < 4.78 is 5.76. The molecule has 4 nitrogen and oxygen atoms in total. The van der Waals surface area contributed by atoms with E-state index in [1.165, 1.54) is 5.56 Å². The Morgan fingerprint density at radius 1 is 1.22 bits per heavy atom. The first-order chi connectivity index (χ1) is 10.8. The van der Waals surface area contributed by atoms with Crippen molar-refractivity contribution in [1.29, 1.82) is 0 Å². The smallest absolute Gasteiger partial charge is 0.191 e. The predicted octanol–water partition coefficient (Wildman–Crippen LogP) is 3.27. The molecular formula is C17H28IN3OS. The molecule has 0 atom stereocenters. The van der Waals surface area contributed by atoms with Crippen LogP contribution in [0.5, 0.6) is 0 Å². The number of halogens is 1. The Hall–Kier alpha value is -0.470.